The molecular weight excluding hydrogens is 254 g/mol. The van der Waals surface area contributed by atoms with Crippen LogP contribution in [0, 0.1) is 5.92 Å². The van der Waals surface area contributed by atoms with E-state index in [0.717, 1.165) is 38.8 Å². The number of aromatic nitrogens is 2. The highest BCUT2D eigenvalue weighted by Crippen LogP contribution is 2.25. The maximum absolute atomic E-state index is 11.8. The predicted molar refractivity (Wildman–Crippen MR) is 77.2 cm³/mol. The van der Waals surface area contributed by atoms with E-state index < -0.39 is 0 Å². The van der Waals surface area contributed by atoms with Gasteiger partial charge >= 0.3 is 5.97 Å². The molecule has 1 aliphatic carbocycles. The SMILES string of the molecule is CCOC(=O)C1CCCC(NCCCn2ccnc2)C1. The number of carbonyl (C=O) groups is 1. The predicted octanol–water partition coefficient (Wildman–Crippen LogP) is 1.98. The third-order valence-electron chi connectivity index (χ3n) is 3.88. The van der Waals surface area contributed by atoms with E-state index in [9.17, 15) is 4.79 Å². The van der Waals surface area contributed by atoms with Gasteiger partial charge < -0.3 is 14.6 Å². The topological polar surface area (TPSA) is 56.1 Å². The molecule has 2 unspecified atom stereocenters. The maximum atomic E-state index is 11.8. The lowest BCUT2D eigenvalue weighted by atomic mass is 9.85. The molecule has 1 heterocycles. The Hall–Kier alpha value is -1.36. The van der Waals surface area contributed by atoms with Crippen LogP contribution in [0.2, 0.25) is 0 Å². The van der Waals surface area contributed by atoms with Gasteiger partial charge in [-0.1, -0.05) is 6.42 Å². The number of ether oxygens (including phenoxy) is 1. The Labute approximate surface area is 120 Å². The number of rotatable bonds is 7. The van der Waals surface area contributed by atoms with Crippen molar-refractivity contribution in [2.45, 2.75) is 51.6 Å². The molecule has 2 rings (SSSR count). The number of aryl methyl sites for hydroxylation is 1. The Morgan fingerprint density at radius 2 is 2.40 bits per heavy atom. The molecule has 5 heteroatoms. The summed E-state index contributed by atoms with van der Waals surface area (Å²) in [6.45, 7) is 4.32. The normalized spacial score (nSPS) is 22.6. The minimum Gasteiger partial charge on any atom is -0.466 e. The van der Waals surface area contributed by atoms with Crippen molar-refractivity contribution in [3.05, 3.63) is 18.7 Å². The van der Waals surface area contributed by atoms with Gasteiger partial charge in [-0.05, 0) is 39.2 Å². The van der Waals surface area contributed by atoms with Crippen LogP contribution in [-0.4, -0.2) is 34.7 Å². The highest BCUT2D eigenvalue weighted by atomic mass is 16.5. The van der Waals surface area contributed by atoms with Gasteiger partial charge in [0.1, 0.15) is 0 Å². The zero-order valence-corrected chi connectivity index (χ0v) is 12.3. The van der Waals surface area contributed by atoms with Gasteiger partial charge in [0, 0.05) is 25.0 Å². The summed E-state index contributed by atoms with van der Waals surface area (Å²) >= 11 is 0. The van der Waals surface area contributed by atoms with Crippen molar-refractivity contribution in [3.8, 4) is 0 Å². The first-order chi connectivity index (χ1) is 9.79. The van der Waals surface area contributed by atoms with Crippen molar-refractivity contribution in [1.82, 2.24) is 14.9 Å². The quantitative estimate of drug-likeness (QED) is 0.612. The van der Waals surface area contributed by atoms with Crippen LogP contribution in [0.5, 0.6) is 0 Å². The van der Waals surface area contributed by atoms with Gasteiger partial charge in [0.2, 0.25) is 0 Å². The van der Waals surface area contributed by atoms with Crippen LogP contribution in [-0.2, 0) is 16.1 Å². The lowest BCUT2D eigenvalue weighted by Gasteiger charge is -2.28. The Morgan fingerprint density at radius 3 is 3.15 bits per heavy atom. The van der Waals surface area contributed by atoms with Gasteiger partial charge in [0.05, 0.1) is 18.9 Å². The molecule has 1 fully saturated rings. The molecule has 0 bridgehead atoms. The van der Waals surface area contributed by atoms with Crippen molar-refractivity contribution in [1.29, 1.82) is 0 Å². The van der Waals surface area contributed by atoms with E-state index in [-0.39, 0.29) is 11.9 Å². The molecule has 1 aromatic rings. The number of carbonyl (C=O) groups excluding carboxylic acids is 1. The van der Waals surface area contributed by atoms with E-state index in [4.69, 9.17) is 4.74 Å². The largest absolute Gasteiger partial charge is 0.466 e. The zero-order chi connectivity index (χ0) is 14.2. The van der Waals surface area contributed by atoms with Crippen molar-refractivity contribution < 1.29 is 9.53 Å². The van der Waals surface area contributed by atoms with Crippen LogP contribution < -0.4 is 5.32 Å². The van der Waals surface area contributed by atoms with Gasteiger partial charge in [-0.25, -0.2) is 4.98 Å². The van der Waals surface area contributed by atoms with Gasteiger partial charge in [-0.2, -0.15) is 0 Å². The van der Waals surface area contributed by atoms with Gasteiger partial charge in [-0.15, -0.1) is 0 Å². The van der Waals surface area contributed by atoms with Crippen molar-refractivity contribution in [2.24, 2.45) is 5.92 Å². The van der Waals surface area contributed by atoms with Crippen LogP contribution >= 0.6 is 0 Å². The first kappa shape index (κ1) is 15.0. The van der Waals surface area contributed by atoms with E-state index in [1.54, 1.807) is 6.20 Å². The number of nitrogens with zero attached hydrogens (tertiary/aromatic N) is 2. The molecule has 0 radical (unpaired) electrons. The number of hydrogen-bond donors (Lipinski definition) is 1. The molecule has 0 aliphatic heterocycles. The molecule has 0 aromatic carbocycles. The summed E-state index contributed by atoms with van der Waals surface area (Å²) < 4.78 is 7.21. The number of hydrogen-bond acceptors (Lipinski definition) is 4. The average Bonchev–Trinajstić information content (AvgIpc) is 2.97. The van der Waals surface area contributed by atoms with Crippen LogP contribution in [0.15, 0.2) is 18.7 Å². The third kappa shape index (κ3) is 4.63. The van der Waals surface area contributed by atoms with Crippen molar-refractivity contribution in [2.75, 3.05) is 13.2 Å². The Kier molecular flexibility index (Phi) is 6.05. The second kappa shape index (κ2) is 8.04. The fourth-order valence-corrected chi connectivity index (χ4v) is 2.84. The van der Waals surface area contributed by atoms with Gasteiger partial charge in [0.25, 0.3) is 0 Å². The summed E-state index contributed by atoms with van der Waals surface area (Å²) in [6, 6.07) is 0.459. The van der Waals surface area contributed by atoms with E-state index in [0.29, 0.717) is 12.6 Å². The Morgan fingerprint density at radius 1 is 1.50 bits per heavy atom. The molecule has 1 saturated carbocycles. The lowest BCUT2D eigenvalue weighted by molar-refractivity contribution is -0.149. The summed E-state index contributed by atoms with van der Waals surface area (Å²) in [4.78, 5) is 15.8. The van der Waals surface area contributed by atoms with Crippen LogP contribution in [0.3, 0.4) is 0 Å². The number of nitrogens with one attached hydrogen (secondary N) is 1. The first-order valence-corrected chi connectivity index (χ1v) is 7.65. The second-order valence-electron chi connectivity index (χ2n) is 5.42. The summed E-state index contributed by atoms with van der Waals surface area (Å²) in [5.74, 6) is 0.0762. The molecule has 0 saturated heterocycles. The van der Waals surface area contributed by atoms with Crippen molar-refractivity contribution in [3.63, 3.8) is 0 Å². The molecule has 2 atom stereocenters. The van der Waals surface area contributed by atoms with Gasteiger partial charge in [-0.3, -0.25) is 4.79 Å². The van der Waals surface area contributed by atoms with Crippen molar-refractivity contribution >= 4 is 5.97 Å². The molecule has 1 aliphatic rings. The highest BCUT2D eigenvalue weighted by molar-refractivity contribution is 5.72. The Bertz CT molecular complexity index is 392. The van der Waals surface area contributed by atoms with E-state index >= 15 is 0 Å². The summed E-state index contributed by atoms with van der Waals surface area (Å²) in [5.41, 5.74) is 0. The Balaban J connectivity index is 1.64. The van der Waals surface area contributed by atoms with Crippen LogP contribution in [0.4, 0.5) is 0 Å². The second-order valence-corrected chi connectivity index (χ2v) is 5.42. The van der Waals surface area contributed by atoms with Crippen LogP contribution in [0.1, 0.15) is 39.0 Å². The zero-order valence-electron chi connectivity index (χ0n) is 12.3. The molecule has 1 N–H and O–H groups in total. The van der Waals surface area contributed by atoms with Gasteiger partial charge in [0.15, 0.2) is 0 Å². The molecule has 1 aromatic heterocycles. The van der Waals surface area contributed by atoms with E-state index in [1.165, 1.54) is 6.42 Å². The van der Waals surface area contributed by atoms with Crippen LogP contribution in [0.25, 0.3) is 0 Å². The summed E-state index contributed by atoms with van der Waals surface area (Å²) in [6.07, 6.45) is 10.9. The standard InChI is InChI=1S/C15H25N3O2/c1-2-20-15(19)13-5-3-6-14(11-13)17-7-4-9-18-10-8-16-12-18/h8,10,12-14,17H,2-7,9,11H2,1H3. The minimum absolute atomic E-state index is 0.0163. The third-order valence-corrected chi connectivity index (χ3v) is 3.88. The molecule has 5 nitrogen and oxygen atoms in total. The fourth-order valence-electron chi connectivity index (χ4n) is 2.84. The maximum Gasteiger partial charge on any atom is 0.308 e. The minimum atomic E-state index is -0.0163. The average molecular weight is 279 g/mol. The summed E-state index contributed by atoms with van der Waals surface area (Å²) in [7, 11) is 0. The molecule has 0 spiro atoms. The first-order valence-electron chi connectivity index (χ1n) is 7.65. The molecule has 112 valence electrons. The molecule has 20 heavy (non-hydrogen) atoms. The van der Waals surface area contributed by atoms with E-state index in [2.05, 4.69) is 14.9 Å². The smallest absolute Gasteiger partial charge is 0.308 e. The monoisotopic (exact) mass is 279 g/mol. The number of imidazole rings is 1. The lowest BCUT2D eigenvalue weighted by Crippen LogP contribution is -2.37. The molecular formula is C15H25N3O2. The summed E-state index contributed by atoms with van der Waals surface area (Å²) in [5, 5.41) is 3.57. The van der Waals surface area contributed by atoms with E-state index in [1.807, 2.05) is 19.4 Å². The number of esters is 1. The highest BCUT2D eigenvalue weighted by Gasteiger charge is 2.27. The fraction of sp³-hybridized carbons (Fsp3) is 0.733. The molecule has 0 amide bonds.